The number of fused-ring (bicyclic) bond motifs is 1. The fraction of sp³-hybridized carbons (Fsp3) is 0.0667. The smallest absolute Gasteiger partial charge is 0.247 e. The fourth-order valence-corrected chi connectivity index (χ4v) is 2.08. The summed E-state index contributed by atoms with van der Waals surface area (Å²) in [5.41, 5.74) is 2.50. The molecule has 0 saturated heterocycles. The lowest BCUT2D eigenvalue weighted by Crippen LogP contribution is -2.07. The number of anilines is 1. The Morgan fingerprint density at radius 3 is 2.86 bits per heavy atom. The molecule has 0 spiro atoms. The highest BCUT2D eigenvalue weighted by atomic mass is 19.1. The average Bonchev–Trinajstić information content (AvgIpc) is 2.85. The molecule has 0 aliphatic carbocycles. The number of hydrogen-bond donors (Lipinski definition) is 1. The highest BCUT2D eigenvalue weighted by Crippen LogP contribution is 2.22. The van der Waals surface area contributed by atoms with Crippen LogP contribution in [0, 0.1) is 12.9 Å². The summed E-state index contributed by atoms with van der Waals surface area (Å²) in [6, 6.07) is 4.61. The monoisotopic (exact) mass is 297 g/mol. The number of nitrogens with zero attached hydrogens (tertiary/aromatic N) is 4. The second kappa shape index (κ2) is 5.36. The fourth-order valence-electron chi connectivity index (χ4n) is 2.08. The van der Waals surface area contributed by atoms with Crippen LogP contribution in [0.5, 0.6) is 0 Å². The van der Waals surface area contributed by atoms with Gasteiger partial charge >= 0.3 is 0 Å². The van der Waals surface area contributed by atoms with Crippen molar-refractivity contribution in [2.24, 2.45) is 0 Å². The van der Waals surface area contributed by atoms with Crippen LogP contribution in [-0.2, 0) is 4.79 Å². The summed E-state index contributed by atoms with van der Waals surface area (Å²) in [6.07, 6.45) is 4.10. The molecular formula is C15H12FN5O. The number of amides is 1. The minimum absolute atomic E-state index is 0.311. The van der Waals surface area contributed by atoms with E-state index in [1.165, 1.54) is 24.5 Å². The van der Waals surface area contributed by atoms with E-state index < -0.39 is 5.95 Å². The average molecular weight is 297 g/mol. The van der Waals surface area contributed by atoms with Gasteiger partial charge < -0.3 is 5.32 Å². The maximum absolute atomic E-state index is 12.9. The van der Waals surface area contributed by atoms with Crippen LogP contribution in [0.2, 0.25) is 0 Å². The molecule has 0 atom stereocenters. The molecule has 22 heavy (non-hydrogen) atoms. The molecule has 3 aromatic heterocycles. The first-order chi connectivity index (χ1) is 10.6. The van der Waals surface area contributed by atoms with Gasteiger partial charge in [-0.1, -0.05) is 6.58 Å². The summed E-state index contributed by atoms with van der Waals surface area (Å²) in [6.45, 7) is 5.23. The topological polar surface area (TPSA) is 72.7 Å². The highest BCUT2D eigenvalue weighted by molar-refractivity contribution is 6.00. The van der Waals surface area contributed by atoms with Gasteiger partial charge in [-0.25, -0.2) is 14.6 Å². The number of hydrogen-bond acceptors (Lipinski definition) is 4. The molecular weight excluding hydrogens is 285 g/mol. The van der Waals surface area contributed by atoms with Gasteiger partial charge in [0.1, 0.15) is 0 Å². The molecule has 6 nitrogen and oxygen atoms in total. The van der Waals surface area contributed by atoms with E-state index in [1.54, 1.807) is 16.8 Å². The molecule has 7 heteroatoms. The van der Waals surface area contributed by atoms with Gasteiger partial charge in [-0.3, -0.25) is 4.79 Å². The van der Waals surface area contributed by atoms with Crippen LogP contribution in [0.4, 0.5) is 10.1 Å². The molecule has 0 fully saturated rings. The molecule has 110 valence electrons. The Bertz CT molecular complexity index is 870. The van der Waals surface area contributed by atoms with E-state index in [4.69, 9.17) is 0 Å². The molecule has 0 unspecified atom stereocenters. The summed E-state index contributed by atoms with van der Waals surface area (Å²) in [7, 11) is 0. The van der Waals surface area contributed by atoms with Crippen molar-refractivity contribution in [1.29, 1.82) is 0 Å². The first kappa shape index (κ1) is 13.9. The maximum Gasteiger partial charge on any atom is 0.247 e. The molecule has 0 aliphatic heterocycles. The number of aromatic nitrogens is 4. The second-order valence-electron chi connectivity index (χ2n) is 4.62. The van der Waals surface area contributed by atoms with Gasteiger partial charge in [0.15, 0.2) is 5.65 Å². The normalized spacial score (nSPS) is 10.6. The summed E-state index contributed by atoms with van der Waals surface area (Å²) >= 11 is 0. The van der Waals surface area contributed by atoms with Crippen LogP contribution in [0.15, 0.2) is 43.2 Å². The zero-order chi connectivity index (χ0) is 15.7. The van der Waals surface area contributed by atoms with Crippen LogP contribution < -0.4 is 5.32 Å². The summed E-state index contributed by atoms with van der Waals surface area (Å²) < 4.78 is 14.5. The van der Waals surface area contributed by atoms with Gasteiger partial charge in [0.2, 0.25) is 11.9 Å². The van der Waals surface area contributed by atoms with Crippen LogP contribution >= 0.6 is 0 Å². The van der Waals surface area contributed by atoms with Crippen molar-refractivity contribution < 1.29 is 9.18 Å². The third kappa shape index (κ3) is 2.44. The lowest BCUT2D eigenvalue weighted by Gasteiger charge is -2.04. The van der Waals surface area contributed by atoms with Gasteiger partial charge in [-0.15, -0.1) is 0 Å². The zero-order valence-electron chi connectivity index (χ0n) is 11.7. The Labute approximate surface area is 125 Å². The maximum atomic E-state index is 12.9. The van der Waals surface area contributed by atoms with Crippen molar-refractivity contribution >= 4 is 22.6 Å². The van der Waals surface area contributed by atoms with Gasteiger partial charge in [0.05, 0.1) is 29.5 Å². The van der Waals surface area contributed by atoms with Crippen molar-refractivity contribution in [3.63, 3.8) is 0 Å². The number of nitrogens with one attached hydrogen (secondary N) is 1. The quantitative estimate of drug-likeness (QED) is 0.595. The molecule has 3 aromatic rings. The van der Waals surface area contributed by atoms with E-state index in [-0.39, 0.29) is 5.91 Å². The lowest BCUT2D eigenvalue weighted by atomic mass is 10.2. The minimum atomic E-state index is -0.556. The zero-order valence-corrected chi connectivity index (χ0v) is 11.7. The number of halogens is 1. The second-order valence-corrected chi connectivity index (χ2v) is 4.62. The Balaban J connectivity index is 2.09. The molecule has 3 rings (SSSR count). The van der Waals surface area contributed by atoms with E-state index in [0.29, 0.717) is 17.0 Å². The van der Waals surface area contributed by atoms with E-state index >= 15 is 0 Å². The van der Waals surface area contributed by atoms with E-state index in [9.17, 15) is 9.18 Å². The summed E-state index contributed by atoms with van der Waals surface area (Å²) in [4.78, 5) is 19.3. The molecule has 0 bridgehead atoms. The van der Waals surface area contributed by atoms with E-state index in [0.717, 1.165) is 11.1 Å². The predicted molar refractivity (Wildman–Crippen MR) is 80.2 cm³/mol. The molecule has 1 N–H and O–H groups in total. The molecule has 0 radical (unpaired) electrons. The van der Waals surface area contributed by atoms with Gasteiger partial charge in [0.25, 0.3) is 0 Å². The Morgan fingerprint density at radius 1 is 1.36 bits per heavy atom. The van der Waals surface area contributed by atoms with Gasteiger partial charge in [-0.05, 0) is 31.2 Å². The van der Waals surface area contributed by atoms with Crippen LogP contribution in [0.3, 0.4) is 0 Å². The van der Waals surface area contributed by atoms with E-state index in [2.05, 4.69) is 27.0 Å². The van der Waals surface area contributed by atoms with Gasteiger partial charge in [0, 0.05) is 5.39 Å². The van der Waals surface area contributed by atoms with Crippen LogP contribution in [0.25, 0.3) is 16.7 Å². The number of aryl methyl sites for hydroxylation is 1. The highest BCUT2D eigenvalue weighted by Gasteiger charge is 2.12. The molecule has 0 aliphatic rings. The van der Waals surface area contributed by atoms with Gasteiger partial charge in [-0.2, -0.15) is 9.49 Å². The van der Waals surface area contributed by atoms with Crippen LogP contribution in [-0.4, -0.2) is 25.7 Å². The van der Waals surface area contributed by atoms with E-state index in [1.807, 2.05) is 6.92 Å². The summed E-state index contributed by atoms with van der Waals surface area (Å²) in [5.74, 6) is -0.867. The molecule has 0 aromatic carbocycles. The van der Waals surface area contributed by atoms with Crippen molar-refractivity contribution in [2.45, 2.75) is 6.92 Å². The summed E-state index contributed by atoms with van der Waals surface area (Å²) in [5, 5.41) is 7.82. The largest absolute Gasteiger partial charge is 0.321 e. The Hall–Kier alpha value is -3.09. The third-order valence-corrected chi connectivity index (χ3v) is 3.12. The minimum Gasteiger partial charge on any atom is -0.321 e. The number of carbonyl (C=O) groups is 1. The molecule has 0 saturated carbocycles. The van der Waals surface area contributed by atoms with Crippen molar-refractivity contribution in [3.05, 3.63) is 54.9 Å². The molecule has 3 heterocycles. The number of rotatable bonds is 3. The van der Waals surface area contributed by atoms with Crippen molar-refractivity contribution in [2.75, 3.05) is 5.32 Å². The van der Waals surface area contributed by atoms with Crippen molar-refractivity contribution in [1.82, 2.24) is 19.7 Å². The Morgan fingerprint density at radius 2 is 2.18 bits per heavy atom. The third-order valence-electron chi connectivity index (χ3n) is 3.12. The first-order valence-corrected chi connectivity index (χ1v) is 6.49. The predicted octanol–water partition coefficient (Wildman–Crippen LogP) is 2.39. The Kier molecular flexibility index (Phi) is 3.38. The number of pyridine rings is 2. The van der Waals surface area contributed by atoms with Crippen molar-refractivity contribution in [3.8, 4) is 5.69 Å². The lowest BCUT2D eigenvalue weighted by molar-refractivity contribution is -0.111. The SMILES string of the molecule is C=CC(=O)Nc1cnc2c(c1)c(C)nn2-c1ccc(F)nc1. The molecule has 1 amide bonds. The standard InChI is InChI=1S/C15H12FN5O/c1-3-14(22)19-10-6-12-9(2)20-21(15(12)18-7-10)11-4-5-13(16)17-8-11/h3-8H,1H2,2H3,(H,19,22). The number of carbonyl (C=O) groups excluding carboxylic acids is 1. The van der Waals surface area contributed by atoms with Crippen LogP contribution in [0.1, 0.15) is 5.69 Å². The first-order valence-electron chi connectivity index (χ1n) is 6.49.